The maximum absolute atomic E-state index is 13.3. The molecule has 0 aliphatic heterocycles. The molecule has 1 amide bonds. The van der Waals surface area contributed by atoms with Crippen LogP contribution in [0.5, 0.6) is 0 Å². The molecule has 2 aromatic heterocycles. The van der Waals surface area contributed by atoms with Crippen molar-refractivity contribution >= 4 is 16.9 Å². The van der Waals surface area contributed by atoms with E-state index in [-0.39, 0.29) is 30.5 Å². The fraction of sp³-hybridized carbons (Fsp3) is 0.267. The van der Waals surface area contributed by atoms with Crippen molar-refractivity contribution in [1.29, 1.82) is 0 Å². The standard InChI is InChI=1S/C15H15F2N5O/c1-21-9-8-18-13(21)14(23)19-7-6-12-20-10-4-2-3-5-11(10)22(12)15(16)17/h2-5,8-9,15H,6-7H2,1H3,(H,19,23). The molecule has 6 nitrogen and oxygen atoms in total. The van der Waals surface area contributed by atoms with Crippen molar-refractivity contribution < 1.29 is 13.6 Å². The van der Waals surface area contributed by atoms with Gasteiger partial charge in [-0.25, -0.2) is 9.97 Å². The second-order valence-corrected chi connectivity index (χ2v) is 5.03. The minimum atomic E-state index is -2.68. The molecule has 120 valence electrons. The van der Waals surface area contributed by atoms with Gasteiger partial charge in [0.05, 0.1) is 11.0 Å². The second-order valence-electron chi connectivity index (χ2n) is 5.03. The molecule has 0 spiro atoms. The third-order valence-corrected chi connectivity index (χ3v) is 3.52. The predicted molar refractivity (Wildman–Crippen MR) is 80.2 cm³/mol. The fourth-order valence-corrected chi connectivity index (χ4v) is 2.44. The summed E-state index contributed by atoms with van der Waals surface area (Å²) >= 11 is 0. The quantitative estimate of drug-likeness (QED) is 0.783. The van der Waals surface area contributed by atoms with Crippen molar-refractivity contribution in [2.75, 3.05) is 6.54 Å². The van der Waals surface area contributed by atoms with Gasteiger partial charge in [0, 0.05) is 32.4 Å². The van der Waals surface area contributed by atoms with Gasteiger partial charge < -0.3 is 9.88 Å². The van der Waals surface area contributed by atoms with Gasteiger partial charge in [-0.2, -0.15) is 8.78 Å². The van der Waals surface area contributed by atoms with Crippen LogP contribution in [0.1, 0.15) is 23.0 Å². The number of nitrogens with zero attached hydrogens (tertiary/aromatic N) is 4. The molecule has 0 fully saturated rings. The molecule has 2 heterocycles. The molecule has 0 saturated heterocycles. The summed E-state index contributed by atoms with van der Waals surface area (Å²) in [6.45, 7) is -2.48. The number of aryl methyl sites for hydroxylation is 1. The molecule has 3 aromatic rings. The Kier molecular flexibility index (Phi) is 4.05. The highest BCUT2D eigenvalue weighted by Crippen LogP contribution is 2.23. The van der Waals surface area contributed by atoms with Gasteiger partial charge in [-0.3, -0.25) is 9.36 Å². The molecule has 23 heavy (non-hydrogen) atoms. The Morgan fingerprint density at radius 3 is 2.83 bits per heavy atom. The molecule has 0 unspecified atom stereocenters. The Morgan fingerprint density at radius 1 is 1.35 bits per heavy atom. The lowest BCUT2D eigenvalue weighted by Gasteiger charge is -2.08. The van der Waals surface area contributed by atoms with Crippen molar-refractivity contribution in [3.8, 4) is 0 Å². The van der Waals surface area contributed by atoms with Crippen LogP contribution in [0.4, 0.5) is 8.78 Å². The number of halogens is 2. The number of benzene rings is 1. The van der Waals surface area contributed by atoms with E-state index in [2.05, 4.69) is 15.3 Å². The monoisotopic (exact) mass is 319 g/mol. The number of para-hydroxylation sites is 2. The van der Waals surface area contributed by atoms with Gasteiger partial charge in [0.25, 0.3) is 5.91 Å². The maximum atomic E-state index is 13.3. The highest BCUT2D eigenvalue weighted by atomic mass is 19.3. The van der Waals surface area contributed by atoms with Gasteiger partial charge in [-0.1, -0.05) is 12.1 Å². The van der Waals surface area contributed by atoms with Crippen LogP contribution in [-0.4, -0.2) is 31.6 Å². The number of aromatic nitrogens is 4. The lowest BCUT2D eigenvalue weighted by molar-refractivity contribution is 0.0715. The number of amides is 1. The molecular weight excluding hydrogens is 304 g/mol. The van der Waals surface area contributed by atoms with E-state index in [1.165, 1.54) is 6.20 Å². The Balaban J connectivity index is 1.73. The summed E-state index contributed by atoms with van der Waals surface area (Å²) in [7, 11) is 1.71. The highest BCUT2D eigenvalue weighted by Gasteiger charge is 2.17. The smallest absolute Gasteiger partial charge is 0.320 e. The first-order valence-electron chi connectivity index (χ1n) is 7.07. The predicted octanol–water partition coefficient (Wildman–Crippen LogP) is 2.14. The number of hydrogen-bond acceptors (Lipinski definition) is 3. The van der Waals surface area contributed by atoms with Crippen molar-refractivity contribution in [1.82, 2.24) is 24.4 Å². The van der Waals surface area contributed by atoms with Gasteiger partial charge in [0.15, 0.2) is 5.82 Å². The Labute approximate surface area is 130 Å². The van der Waals surface area contributed by atoms with E-state index in [4.69, 9.17) is 0 Å². The molecule has 0 radical (unpaired) electrons. The van der Waals surface area contributed by atoms with Gasteiger partial charge in [-0.05, 0) is 12.1 Å². The van der Waals surface area contributed by atoms with Crippen LogP contribution in [0.3, 0.4) is 0 Å². The third-order valence-electron chi connectivity index (χ3n) is 3.52. The van der Waals surface area contributed by atoms with Crippen LogP contribution in [0, 0.1) is 0 Å². The molecule has 3 rings (SSSR count). The molecule has 8 heteroatoms. The minimum absolute atomic E-state index is 0.196. The SMILES string of the molecule is Cn1ccnc1C(=O)NCCc1nc2ccccc2n1C(F)F. The van der Waals surface area contributed by atoms with E-state index >= 15 is 0 Å². The Bertz CT molecular complexity index is 839. The molecule has 0 aliphatic rings. The number of imidazole rings is 2. The normalized spacial score (nSPS) is 11.3. The van der Waals surface area contributed by atoms with Crippen LogP contribution in [-0.2, 0) is 13.5 Å². The van der Waals surface area contributed by atoms with Gasteiger partial charge >= 0.3 is 6.55 Å². The first kappa shape index (κ1) is 15.1. The molecule has 0 aliphatic carbocycles. The molecule has 0 saturated carbocycles. The summed E-state index contributed by atoms with van der Waals surface area (Å²) in [6, 6.07) is 6.72. The summed E-state index contributed by atoms with van der Waals surface area (Å²) in [5.41, 5.74) is 0.895. The first-order chi connectivity index (χ1) is 11.1. The number of carbonyl (C=O) groups excluding carboxylic acids is 1. The van der Waals surface area contributed by atoms with Crippen LogP contribution < -0.4 is 5.32 Å². The summed E-state index contributed by atoms with van der Waals surface area (Å²) in [6.07, 6.45) is 3.38. The van der Waals surface area contributed by atoms with Crippen molar-refractivity contribution in [3.63, 3.8) is 0 Å². The largest absolute Gasteiger partial charge is 0.349 e. The van der Waals surface area contributed by atoms with Gasteiger partial charge in [-0.15, -0.1) is 0 Å². The number of alkyl halides is 2. The summed E-state index contributed by atoms with van der Waals surface area (Å²) in [4.78, 5) is 20.1. The zero-order chi connectivity index (χ0) is 16.4. The maximum Gasteiger partial charge on any atom is 0.320 e. The van der Waals surface area contributed by atoms with Gasteiger partial charge in [0.2, 0.25) is 0 Å². The molecule has 0 bridgehead atoms. The van der Waals surface area contributed by atoms with Crippen LogP contribution in [0.25, 0.3) is 11.0 Å². The minimum Gasteiger partial charge on any atom is -0.349 e. The van der Waals surface area contributed by atoms with E-state index in [1.807, 2.05) is 0 Å². The molecular formula is C15H15F2N5O. The third kappa shape index (κ3) is 2.92. The van der Waals surface area contributed by atoms with E-state index in [9.17, 15) is 13.6 Å². The van der Waals surface area contributed by atoms with Crippen molar-refractivity contribution in [3.05, 3.63) is 48.3 Å². The first-order valence-corrected chi connectivity index (χ1v) is 7.07. The summed E-state index contributed by atoms with van der Waals surface area (Å²) in [5, 5.41) is 2.66. The van der Waals surface area contributed by atoms with Crippen LogP contribution in [0.2, 0.25) is 0 Å². The molecule has 1 aromatic carbocycles. The van der Waals surface area contributed by atoms with Crippen LogP contribution >= 0.6 is 0 Å². The Morgan fingerprint density at radius 2 is 2.13 bits per heavy atom. The van der Waals surface area contributed by atoms with E-state index in [0.29, 0.717) is 11.0 Å². The number of nitrogens with one attached hydrogen (secondary N) is 1. The Hall–Kier alpha value is -2.77. The number of carbonyl (C=O) groups is 1. The lowest BCUT2D eigenvalue weighted by Crippen LogP contribution is -2.28. The van der Waals surface area contributed by atoms with Crippen LogP contribution in [0.15, 0.2) is 36.7 Å². The van der Waals surface area contributed by atoms with Crippen molar-refractivity contribution in [2.45, 2.75) is 13.0 Å². The lowest BCUT2D eigenvalue weighted by atomic mass is 10.3. The second kappa shape index (κ2) is 6.15. The van der Waals surface area contributed by atoms with Crippen molar-refractivity contribution in [2.24, 2.45) is 7.05 Å². The number of hydrogen-bond donors (Lipinski definition) is 1. The molecule has 0 atom stereocenters. The fourth-order valence-electron chi connectivity index (χ4n) is 2.44. The molecule has 1 N–H and O–H groups in total. The average Bonchev–Trinajstić information content (AvgIpc) is 3.10. The van der Waals surface area contributed by atoms with Gasteiger partial charge in [0.1, 0.15) is 5.82 Å². The number of fused-ring (bicyclic) bond motifs is 1. The zero-order valence-corrected chi connectivity index (χ0v) is 12.4. The van der Waals surface area contributed by atoms with E-state index in [0.717, 1.165) is 4.57 Å². The topological polar surface area (TPSA) is 64.7 Å². The average molecular weight is 319 g/mol. The zero-order valence-electron chi connectivity index (χ0n) is 12.4. The van der Waals surface area contributed by atoms with E-state index < -0.39 is 6.55 Å². The highest BCUT2D eigenvalue weighted by molar-refractivity contribution is 5.90. The summed E-state index contributed by atoms with van der Waals surface area (Å²) < 4.78 is 29.0. The number of rotatable bonds is 5. The summed E-state index contributed by atoms with van der Waals surface area (Å²) in [5.74, 6) is 0.158. The van der Waals surface area contributed by atoms with E-state index in [1.54, 1.807) is 42.1 Å².